The Morgan fingerprint density at radius 3 is 2.68 bits per heavy atom. The van der Waals surface area contributed by atoms with Crippen molar-refractivity contribution in [1.82, 2.24) is 15.6 Å². The summed E-state index contributed by atoms with van der Waals surface area (Å²) in [6.07, 6.45) is 8.71. The lowest BCUT2D eigenvalue weighted by Crippen LogP contribution is -2.48. The monoisotopic (exact) mass is 504 g/mol. The molecule has 2 fully saturated rings. The zero-order chi connectivity index (χ0) is 24.1. The Morgan fingerprint density at radius 1 is 1.21 bits per heavy atom. The van der Waals surface area contributed by atoms with E-state index in [0.29, 0.717) is 34.9 Å². The summed E-state index contributed by atoms with van der Waals surface area (Å²) < 4.78 is 5.48. The molecule has 9 heteroatoms. The first-order valence-electron chi connectivity index (χ1n) is 12.0. The van der Waals surface area contributed by atoms with Gasteiger partial charge in [-0.1, -0.05) is 11.6 Å². The van der Waals surface area contributed by atoms with E-state index < -0.39 is 6.04 Å². The third kappa shape index (κ3) is 6.93. The van der Waals surface area contributed by atoms with E-state index in [-0.39, 0.29) is 17.9 Å². The third-order valence-corrected chi connectivity index (χ3v) is 7.92. The topological polar surface area (TPSA) is 92.3 Å². The van der Waals surface area contributed by atoms with Crippen LogP contribution in [0.5, 0.6) is 0 Å². The molecule has 7 nitrogen and oxygen atoms in total. The molecule has 1 atom stereocenters. The molecule has 0 unspecified atom stereocenters. The van der Waals surface area contributed by atoms with Crippen molar-refractivity contribution in [2.24, 2.45) is 5.92 Å². The molecule has 4 rings (SSSR count). The predicted molar refractivity (Wildman–Crippen MR) is 135 cm³/mol. The summed E-state index contributed by atoms with van der Waals surface area (Å²) in [6, 6.07) is 5.35. The summed E-state index contributed by atoms with van der Waals surface area (Å²) in [4.78, 5) is 31.8. The van der Waals surface area contributed by atoms with Gasteiger partial charge in [0, 0.05) is 30.8 Å². The highest BCUT2D eigenvalue weighted by molar-refractivity contribution is 7.14. The highest BCUT2D eigenvalue weighted by atomic mass is 35.5. The highest BCUT2D eigenvalue weighted by Crippen LogP contribution is 2.30. The number of anilines is 1. The molecular formula is C25H33ClN4O3S. The number of nitrogens with one attached hydrogen (secondary N) is 3. The van der Waals surface area contributed by atoms with Gasteiger partial charge in [-0.25, -0.2) is 0 Å². The van der Waals surface area contributed by atoms with Crippen LogP contribution in [0.15, 0.2) is 24.4 Å². The second-order valence-electron chi connectivity index (χ2n) is 9.33. The van der Waals surface area contributed by atoms with Crippen LogP contribution in [-0.2, 0) is 16.1 Å². The first-order chi connectivity index (χ1) is 16.4. The Morgan fingerprint density at radius 2 is 1.97 bits per heavy atom. The SMILES string of the molecule is COC1CCC(C[C@H](NC(=O)c2ccc(CNc3cc(Cl)cnc3C)s2)C(=O)NC2CC2)CC1. The van der Waals surface area contributed by atoms with E-state index in [1.165, 1.54) is 11.3 Å². The average Bonchev–Trinajstić information content (AvgIpc) is 3.52. The molecule has 2 aromatic rings. The molecule has 2 aliphatic carbocycles. The number of amides is 2. The minimum Gasteiger partial charge on any atom is -0.381 e. The van der Waals surface area contributed by atoms with Crippen molar-refractivity contribution in [2.75, 3.05) is 12.4 Å². The molecule has 2 aliphatic rings. The quantitative estimate of drug-likeness (QED) is 0.436. The summed E-state index contributed by atoms with van der Waals surface area (Å²) in [5.74, 6) is 0.157. The smallest absolute Gasteiger partial charge is 0.262 e. The van der Waals surface area contributed by atoms with Crippen LogP contribution in [0.4, 0.5) is 5.69 Å². The second-order valence-corrected chi connectivity index (χ2v) is 10.9. The summed E-state index contributed by atoms with van der Waals surface area (Å²) in [7, 11) is 1.76. The summed E-state index contributed by atoms with van der Waals surface area (Å²) in [5, 5.41) is 10.00. The lowest BCUT2D eigenvalue weighted by molar-refractivity contribution is -0.123. The molecule has 0 aromatic carbocycles. The van der Waals surface area contributed by atoms with Crippen molar-refractivity contribution in [3.63, 3.8) is 0 Å². The number of carbonyl (C=O) groups excluding carboxylic acids is 2. The highest BCUT2D eigenvalue weighted by Gasteiger charge is 2.32. The van der Waals surface area contributed by atoms with Gasteiger partial charge in [0.1, 0.15) is 6.04 Å². The second kappa shape index (κ2) is 11.5. The van der Waals surface area contributed by atoms with Crippen molar-refractivity contribution in [1.29, 1.82) is 0 Å². The van der Waals surface area contributed by atoms with E-state index in [0.717, 1.165) is 54.8 Å². The van der Waals surface area contributed by atoms with Crippen molar-refractivity contribution < 1.29 is 14.3 Å². The number of nitrogens with zero attached hydrogens (tertiary/aromatic N) is 1. The van der Waals surface area contributed by atoms with Crippen LogP contribution in [0.1, 0.15) is 65.2 Å². The van der Waals surface area contributed by atoms with Crippen LogP contribution in [-0.4, -0.2) is 42.1 Å². The molecule has 3 N–H and O–H groups in total. The Bertz CT molecular complexity index is 1000. The van der Waals surface area contributed by atoms with Gasteiger partial charge in [-0.2, -0.15) is 0 Å². The number of thiophene rings is 1. The number of pyridine rings is 1. The van der Waals surface area contributed by atoms with E-state index in [1.54, 1.807) is 13.3 Å². The molecule has 2 amide bonds. The Kier molecular flexibility index (Phi) is 8.45. The van der Waals surface area contributed by atoms with E-state index in [1.807, 2.05) is 25.1 Å². The van der Waals surface area contributed by atoms with Gasteiger partial charge in [0.25, 0.3) is 5.91 Å². The Balaban J connectivity index is 1.35. The number of halogens is 1. The van der Waals surface area contributed by atoms with Crippen LogP contribution < -0.4 is 16.0 Å². The zero-order valence-electron chi connectivity index (χ0n) is 19.7. The molecule has 2 saturated carbocycles. The van der Waals surface area contributed by atoms with Gasteiger partial charge in [0.2, 0.25) is 5.91 Å². The lowest BCUT2D eigenvalue weighted by Gasteiger charge is -2.30. The van der Waals surface area contributed by atoms with Crippen molar-refractivity contribution in [2.45, 2.75) is 76.6 Å². The van der Waals surface area contributed by atoms with Gasteiger partial charge in [0.05, 0.1) is 27.4 Å². The molecule has 2 aromatic heterocycles. The maximum absolute atomic E-state index is 13.0. The third-order valence-electron chi connectivity index (χ3n) is 6.63. The number of aromatic nitrogens is 1. The zero-order valence-corrected chi connectivity index (χ0v) is 21.3. The fourth-order valence-electron chi connectivity index (χ4n) is 4.39. The molecule has 0 spiro atoms. The van der Waals surface area contributed by atoms with Crippen molar-refractivity contribution >= 4 is 40.4 Å². The van der Waals surface area contributed by atoms with Crippen LogP contribution in [0.2, 0.25) is 5.02 Å². The number of hydrogen-bond acceptors (Lipinski definition) is 6. The van der Waals surface area contributed by atoms with Crippen molar-refractivity contribution in [3.8, 4) is 0 Å². The standard InChI is InChI=1S/C25H33ClN4O3S/c1-15-21(12-17(26)13-27-15)28-14-20-9-10-23(34-20)25(32)30-22(24(31)29-18-5-6-18)11-16-3-7-19(33-2)8-4-16/h9-10,12-13,16,18-19,22,28H,3-8,11,14H2,1-2H3,(H,29,31)(H,30,32)/t16?,19?,22-/m0/s1. The van der Waals surface area contributed by atoms with E-state index in [2.05, 4.69) is 20.9 Å². The van der Waals surface area contributed by atoms with Crippen LogP contribution in [0, 0.1) is 12.8 Å². The maximum atomic E-state index is 13.0. The fraction of sp³-hybridized carbons (Fsp3) is 0.560. The van der Waals surface area contributed by atoms with Gasteiger partial charge in [-0.15, -0.1) is 11.3 Å². The Labute approximate surface area is 210 Å². The molecule has 0 aliphatic heterocycles. The molecule has 2 heterocycles. The molecule has 34 heavy (non-hydrogen) atoms. The van der Waals surface area contributed by atoms with Crippen LogP contribution >= 0.6 is 22.9 Å². The molecular weight excluding hydrogens is 472 g/mol. The normalized spacial score (nSPS) is 21.0. The van der Waals surface area contributed by atoms with E-state index in [4.69, 9.17) is 16.3 Å². The van der Waals surface area contributed by atoms with Gasteiger partial charge in [-0.05, 0) is 76.0 Å². The molecule has 0 bridgehead atoms. The van der Waals surface area contributed by atoms with Gasteiger partial charge in [0.15, 0.2) is 0 Å². The predicted octanol–water partition coefficient (Wildman–Crippen LogP) is 4.69. The van der Waals surface area contributed by atoms with Crippen molar-refractivity contribution in [3.05, 3.63) is 44.9 Å². The van der Waals surface area contributed by atoms with Gasteiger partial charge < -0.3 is 20.7 Å². The summed E-state index contributed by atoms with van der Waals surface area (Å²) in [5.41, 5.74) is 1.73. The van der Waals surface area contributed by atoms with E-state index >= 15 is 0 Å². The first kappa shape index (κ1) is 24.9. The largest absolute Gasteiger partial charge is 0.381 e. The average molecular weight is 505 g/mol. The molecule has 184 valence electrons. The number of hydrogen-bond donors (Lipinski definition) is 3. The minimum absolute atomic E-state index is 0.0629. The summed E-state index contributed by atoms with van der Waals surface area (Å²) in [6.45, 7) is 2.48. The minimum atomic E-state index is -0.513. The van der Waals surface area contributed by atoms with Crippen LogP contribution in [0.25, 0.3) is 0 Å². The number of methoxy groups -OCH3 is 1. The molecule has 0 radical (unpaired) electrons. The molecule has 0 saturated heterocycles. The summed E-state index contributed by atoms with van der Waals surface area (Å²) >= 11 is 7.47. The Hall–Kier alpha value is -2.16. The fourth-order valence-corrected chi connectivity index (χ4v) is 5.40. The number of ether oxygens (including phenoxy) is 1. The number of carbonyl (C=O) groups is 2. The van der Waals surface area contributed by atoms with Gasteiger partial charge >= 0.3 is 0 Å². The number of aryl methyl sites for hydroxylation is 1. The number of rotatable bonds is 10. The van der Waals surface area contributed by atoms with Gasteiger partial charge in [-0.3, -0.25) is 14.6 Å². The van der Waals surface area contributed by atoms with E-state index in [9.17, 15) is 9.59 Å². The lowest BCUT2D eigenvalue weighted by atomic mass is 9.83. The first-order valence-corrected chi connectivity index (χ1v) is 13.2. The maximum Gasteiger partial charge on any atom is 0.262 e. The van der Waals surface area contributed by atoms with Crippen LogP contribution in [0.3, 0.4) is 0 Å².